The van der Waals surface area contributed by atoms with Crippen LogP contribution in [0.3, 0.4) is 0 Å². The average Bonchev–Trinajstić information content (AvgIpc) is 4.24. The Morgan fingerprint density at radius 1 is 0.276 bits per heavy atom. The number of para-hydroxylation sites is 6. The SMILES string of the molecule is c1ccc(-c2nc(-n3c4ccccc4c4ccccc43)nc(-n3c4ccccc4c4c(-c5cccc6c7ccccc7n(-c7ccccc7[Si](c7ccccc7)(c7ccccc7)c7ccccc7)c56)cccc43)n2)cc1. The molecule has 76 heavy (non-hydrogen) atoms. The lowest BCUT2D eigenvalue weighted by Crippen LogP contribution is -2.75. The molecule has 11 aromatic carbocycles. The van der Waals surface area contributed by atoms with E-state index < -0.39 is 8.07 Å². The summed E-state index contributed by atoms with van der Waals surface area (Å²) in [5.74, 6) is 1.69. The summed E-state index contributed by atoms with van der Waals surface area (Å²) in [6.45, 7) is 0. The molecule has 0 bridgehead atoms. The minimum atomic E-state index is -3.02. The van der Waals surface area contributed by atoms with Gasteiger partial charge in [0, 0.05) is 49.1 Å². The van der Waals surface area contributed by atoms with E-state index >= 15 is 0 Å². The first-order valence-corrected chi connectivity index (χ1v) is 27.9. The molecule has 0 radical (unpaired) electrons. The number of aromatic nitrogens is 6. The fourth-order valence-corrected chi connectivity index (χ4v) is 17.3. The Bertz CT molecular complexity index is 4550. The third kappa shape index (κ3) is 6.56. The Morgan fingerprint density at radius 3 is 1.25 bits per heavy atom. The molecule has 0 unspecified atom stereocenters. The second-order valence-electron chi connectivity index (χ2n) is 19.5. The molecule has 15 rings (SSSR count). The fraction of sp³-hybridized carbons (Fsp3) is 0. The van der Waals surface area contributed by atoms with Crippen molar-refractivity contribution in [3.05, 3.63) is 279 Å². The van der Waals surface area contributed by atoms with Gasteiger partial charge in [0.15, 0.2) is 13.9 Å². The molecular weight excluding hydrogens is 941 g/mol. The molecule has 4 aromatic heterocycles. The van der Waals surface area contributed by atoms with Crippen LogP contribution in [0.4, 0.5) is 0 Å². The van der Waals surface area contributed by atoms with Crippen molar-refractivity contribution in [2.45, 2.75) is 0 Å². The van der Waals surface area contributed by atoms with Crippen LogP contribution in [0.1, 0.15) is 0 Å². The molecular formula is C69H46N6Si. The standard InChI is InChI=1S/C69H46N6Si/c1-5-25-47(26-6-1)67-70-68(74-59-41-18-13-33-51(59)52-34-14-19-42-60(52)74)72-69(71-67)75-61-43-20-16-36-57(61)65-54(37-24-45-63(65)75)56-39-23-38-55-53-35-15-17-40-58(53)73(66(55)56)62-44-21-22-46-64(62)76(48-27-7-2-8-28-48,49-29-9-3-10-30-49)50-31-11-4-12-32-50/h1-46H. The van der Waals surface area contributed by atoms with Crippen LogP contribution in [0.25, 0.3) is 106 Å². The second kappa shape index (κ2) is 17.6. The molecule has 356 valence electrons. The van der Waals surface area contributed by atoms with Gasteiger partial charge in [-0.15, -0.1) is 0 Å². The summed E-state index contributed by atoms with van der Waals surface area (Å²) in [5, 5.41) is 12.2. The molecule has 0 aliphatic rings. The molecule has 15 aromatic rings. The smallest absolute Gasteiger partial charge is 0.240 e. The van der Waals surface area contributed by atoms with Gasteiger partial charge in [-0.05, 0) is 62.7 Å². The summed E-state index contributed by atoms with van der Waals surface area (Å²) in [6.07, 6.45) is 0. The normalized spacial score (nSPS) is 11.9. The van der Waals surface area contributed by atoms with E-state index in [9.17, 15) is 0 Å². The second-order valence-corrected chi connectivity index (χ2v) is 23.2. The van der Waals surface area contributed by atoms with E-state index in [1.54, 1.807) is 0 Å². The first-order valence-electron chi connectivity index (χ1n) is 25.9. The highest BCUT2D eigenvalue weighted by molar-refractivity contribution is 7.20. The molecule has 0 N–H and O–H groups in total. The van der Waals surface area contributed by atoms with Crippen molar-refractivity contribution in [3.8, 4) is 40.1 Å². The van der Waals surface area contributed by atoms with Gasteiger partial charge in [0.1, 0.15) is 0 Å². The van der Waals surface area contributed by atoms with Crippen LogP contribution in [0, 0.1) is 0 Å². The van der Waals surface area contributed by atoms with E-state index in [-0.39, 0.29) is 0 Å². The minimum absolute atomic E-state index is 0.541. The Labute approximate surface area is 439 Å². The van der Waals surface area contributed by atoms with E-state index in [1.807, 2.05) is 18.2 Å². The maximum atomic E-state index is 5.49. The van der Waals surface area contributed by atoms with Crippen molar-refractivity contribution in [1.29, 1.82) is 0 Å². The lowest BCUT2D eigenvalue weighted by atomic mass is 9.97. The number of fused-ring (bicyclic) bond motifs is 9. The van der Waals surface area contributed by atoms with Gasteiger partial charge in [0.2, 0.25) is 11.9 Å². The van der Waals surface area contributed by atoms with Gasteiger partial charge in [-0.1, -0.05) is 243 Å². The molecule has 6 nitrogen and oxygen atoms in total. The Kier molecular flexibility index (Phi) is 10.1. The first-order chi connectivity index (χ1) is 37.8. The molecule has 0 spiro atoms. The maximum Gasteiger partial charge on any atom is 0.240 e. The molecule has 0 aliphatic heterocycles. The highest BCUT2D eigenvalue weighted by atomic mass is 28.3. The van der Waals surface area contributed by atoms with Crippen molar-refractivity contribution in [2.24, 2.45) is 0 Å². The molecule has 7 heteroatoms. The summed E-state index contributed by atoms with van der Waals surface area (Å²) in [4.78, 5) is 16.2. The fourth-order valence-electron chi connectivity index (χ4n) is 12.4. The Hall–Kier alpha value is -9.95. The van der Waals surface area contributed by atoms with Gasteiger partial charge >= 0.3 is 0 Å². The molecule has 0 amide bonds. The van der Waals surface area contributed by atoms with Crippen LogP contribution < -0.4 is 20.7 Å². The molecule has 0 aliphatic carbocycles. The third-order valence-corrected chi connectivity index (χ3v) is 20.3. The average molecular weight is 987 g/mol. The quantitative estimate of drug-likeness (QED) is 0.107. The van der Waals surface area contributed by atoms with E-state index in [0.717, 1.165) is 77.0 Å². The van der Waals surface area contributed by atoms with Gasteiger partial charge in [-0.2, -0.15) is 15.0 Å². The monoisotopic (exact) mass is 986 g/mol. The van der Waals surface area contributed by atoms with Gasteiger partial charge in [-0.3, -0.25) is 9.13 Å². The summed E-state index contributed by atoms with van der Waals surface area (Å²) in [7, 11) is -3.02. The van der Waals surface area contributed by atoms with Crippen molar-refractivity contribution in [2.75, 3.05) is 0 Å². The van der Waals surface area contributed by atoms with E-state index in [0.29, 0.717) is 17.7 Å². The number of hydrogen-bond acceptors (Lipinski definition) is 3. The first kappa shape index (κ1) is 43.6. The summed E-state index contributed by atoms with van der Waals surface area (Å²) in [5.41, 5.74) is 10.7. The van der Waals surface area contributed by atoms with Crippen LogP contribution in [-0.2, 0) is 0 Å². The van der Waals surface area contributed by atoms with Crippen molar-refractivity contribution in [3.63, 3.8) is 0 Å². The van der Waals surface area contributed by atoms with Crippen LogP contribution in [-0.4, -0.2) is 36.7 Å². The predicted molar refractivity (Wildman–Crippen MR) is 317 cm³/mol. The van der Waals surface area contributed by atoms with Gasteiger partial charge in [-0.25, -0.2) is 0 Å². The van der Waals surface area contributed by atoms with Crippen molar-refractivity contribution in [1.82, 2.24) is 28.7 Å². The zero-order valence-corrected chi connectivity index (χ0v) is 42.2. The van der Waals surface area contributed by atoms with Crippen LogP contribution >= 0.6 is 0 Å². The maximum absolute atomic E-state index is 5.49. The highest BCUT2D eigenvalue weighted by Crippen LogP contribution is 2.44. The lowest BCUT2D eigenvalue weighted by Gasteiger charge is -2.36. The lowest BCUT2D eigenvalue weighted by molar-refractivity contribution is 0.893. The van der Waals surface area contributed by atoms with Crippen LogP contribution in [0.2, 0.25) is 0 Å². The van der Waals surface area contributed by atoms with E-state index in [2.05, 4.69) is 275 Å². The zero-order valence-electron chi connectivity index (χ0n) is 41.2. The summed E-state index contributed by atoms with van der Waals surface area (Å²) in [6, 6.07) is 101. The molecule has 0 atom stereocenters. The number of rotatable bonds is 9. The molecule has 0 fully saturated rings. The Morgan fingerprint density at radius 2 is 0.671 bits per heavy atom. The van der Waals surface area contributed by atoms with Gasteiger partial charge in [0.05, 0.1) is 33.1 Å². The predicted octanol–water partition coefficient (Wildman–Crippen LogP) is 13.9. The Balaban J connectivity index is 1.02. The summed E-state index contributed by atoms with van der Waals surface area (Å²) >= 11 is 0. The van der Waals surface area contributed by atoms with Crippen molar-refractivity contribution >= 4 is 94.2 Å². The summed E-state index contributed by atoms with van der Waals surface area (Å²) < 4.78 is 6.99. The highest BCUT2D eigenvalue weighted by Gasteiger charge is 2.43. The van der Waals surface area contributed by atoms with Gasteiger partial charge < -0.3 is 4.57 Å². The molecule has 0 saturated heterocycles. The molecule has 4 heterocycles. The number of nitrogens with zero attached hydrogens (tertiary/aromatic N) is 6. The van der Waals surface area contributed by atoms with Crippen molar-refractivity contribution < 1.29 is 0 Å². The third-order valence-electron chi connectivity index (χ3n) is 15.5. The van der Waals surface area contributed by atoms with E-state index in [4.69, 9.17) is 15.0 Å². The van der Waals surface area contributed by atoms with E-state index in [1.165, 1.54) is 31.5 Å². The number of hydrogen-bond donors (Lipinski definition) is 0. The molecule has 0 saturated carbocycles. The largest absolute Gasteiger partial charge is 0.309 e. The number of benzene rings is 11. The van der Waals surface area contributed by atoms with Crippen LogP contribution in [0.15, 0.2) is 279 Å². The zero-order chi connectivity index (χ0) is 50.2. The minimum Gasteiger partial charge on any atom is -0.309 e. The van der Waals surface area contributed by atoms with Crippen LogP contribution in [0.5, 0.6) is 0 Å². The van der Waals surface area contributed by atoms with Gasteiger partial charge in [0.25, 0.3) is 0 Å². The topological polar surface area (TPSA) is 53.5 Å².